The molecule has 0 bridgehead atoms. The van der Waals surface area contributed by atoms with Crippen molar-refractivity contribution in [3.05, 3.63) is 29.6 Å². The van der Waals surface area contributed by atoms with E-state index < -0.39 is 0 Å². The molecule has 1 unspecified atom stereocenters. The lowest BCUT2D eigenvalue weighted by Gasteiger charge is -2.30. The summed E-state index contributed by atoms with van der Waals surface area (Å²) in [6, 6.07) is 5.44. The van der Waals surface area contributed by atoms with Crippen molar-refractivity contribution in [1.29, 1.82) is 0 Å². The third kappa shape index (κ3) is 3.98. The first-order chi connectivity index (χ1) is 8.38. The molecule has 0 spiro atoms. The lowest BCUT2D eigenvalue weighted by Crippen LogP contribution is -2.38. The number of rotatable bonds is 5. The predicted octanol–water partition coefficient (Wildman–Crippen LogP) is 3.40. The summed E-state index contributed by atoms with van der Waals surface area (Å²) in [5, 5.41) is 3.31. The van der Waals surface area contributed by atoms with Crippen molar-refractivity contribution in [2.75, 3.05) is 14.2 Å². The van der Waals surface area contributed by atoms with Crippen LogP contribution >= 0.6 is 0 Å². The third-order valence-electron chi connectivity index (χ3n) is 3.36. The Morgan fingerprint density at radius 2 is 2.00 bits per heavy atom. The Bertz CT molecular complexity index is 385. The average Bonchev–Trinajstić information content (AvgIpc) is 2.29. The molecule has 0 heterocycles. The van der Waals surface area contributed by atoms with Crippen molar-refractivity contribution in [1.82, 2.24) is 5.32 Å². The first-order valence-electron chi connectivity index (χ1n) is 6.38. The lowest BCUT2D eigenvalue weighted by atomic mass is 9.83. The Morgan fingerprint density at radius 1 is 1.33 bits per heavy atom. The molecule has 1 aromatic carbocycles. The van der Waals surface area contributed by atoms with Crippen molar-refractivity contribution in [3.8, 4) is 5.75 Å². The summed E-state index contributed by atoms with van der Waals surface area (Å²) in [4.78, 5) is 0. The van der Waals surface area contributed by atoms with Gasteiger partial charge in [0.15, 0.2) is 0 Å². The molecule has 0 aliphatic heterocycles. The smallest absolute Gasteiger partial charge is 0.130 e. The Balaban J connectivity index is 2.68. The second-order valence-electron chi connectivity index (χ2n) is 5.70. The fraction of sp³-hybridized carbons (Fsp3) is 0.600. The fourth-order valence-electron chi connectivity index (χ4n) is 2.17. The van der Waals surface area contributed by atoms with Crippen molar-refractivity contribution >= 4 is 0 Å². The quantitative estimate of drug-likeness (QED) is 0.868. The second kappa shape index (κ2) is 6.19. The fourth-order valence-corrected chi connectivity index (χ4v) is 2.17. The minimum atomic E-state index is -0.182. The van der Waals surface area contributed by atoms with E-state index in [9.17, 15) is 4.39 Å². The molecule has 18 heavy (non-hydrogen) atoms. The van der Waals surface area contributed by atoms with Crippen LogP contribution in [0.15, 0.2) is 18.2 Å². The van der Waals surface area contributed by atoms with Gasteiger partial charge in [-0.3, -0.25) is 0 Å². The number of nitrogens with one attached hydrogen (secondary N) is 1. The molecule has 3 heteroatoms. The number of hydrogen-bond acceptors (Lipinski definition) is 2. The van der Waals surface area contributed by atoms with Crippen LogP contribution in [0.25, 0.3) is 0 Å². The van der Waals surface area contributed by atoms with Gasteiger partial charge in [-0.1, -0.05) is 26.8 Å². The van der Waals surface area contributed by atoms with Crippen molar-refractivity contribution in [3.63, 3.8) is 0 Å². The van der Waals surface area contributed by atoms with Crippen molar-refractivity contribution in [2.24, 2.45) is 5.41 Å². The van der Waals surface area contributed by atoms with E-state index in [4.69, 9.17) is 4.74 Å². The Morgan fingerprint density at radius 3 is 2.44 bits per heavy atom. The van der Waals surface area contributed by atoms with Crippen LogP contribution in [0.1, 0.15) is 32.8 Å². The molecule has 0 aliphatic rings. The molecule has 0 saturated heterocycles. The second-order valence-corrected chi connectivity index (χ2v) is 5.70. The van der Waals surface area contributed by atoms with Gasteiger partial charge >= 0.3 is 0 Å². The van der Waals surface area contributed by atoms with Crippen LogP contribution in [0, 0.1) is 11.2 Å². The molecule has 1 atom stereocenters. The number of halogens is 1. The zero-order valence-corrected chi connectivity index (χ0v) is 12.0. The molecular formula is C15H24FNO. The minimum absolute atomic E-state index is 0.178. The van der Waals surface area contributed by atoms with Gasteiger partial charge in [-0.2, -0.15) is 0 Å². The number of ether oxygens (including phenoxy) is 1. The topological polar surface area (TPSA) is 21.3 Å². The van der Waals surface area contributed by atoms with Crippen molar-refractivity contribution < 1.29 is 9.13 Å². The summed E-state index contributed by atoms with van der Waals surface area (Å²) in [6.07, 6.45) is 1.65. The first-order valence-corrected chi connectivity index (χ1v) is 6.38. The van der Waals surface area contributed by atoms with Crippen LogP contribution in [0.2, 0.25) is 0 Å². The maximum absolute atomic E-state index is 13.8. The molecule has 0 radical (unpaired) electrons. The normalized spacial score (nSPS) is 13.4. The molecule has 1 aromatic rings. The maximum Gasteiger partial charge on any atom is 0.130 e. The SMILES string of the molecule is CNC(CCc1ccc(OC)cc1F)C(C)(C)C. The summed E-state index contributed by atoms with van der Waals surface area (Å²) in [5.74, 6) is 0.385. The van der Waals surface area contributed by atoms with Gasteiger partial charge in [0, 0.05) is 12.1 Å². The third-order valence-corrected chi connectivity index (χ3v) is 3.36. The highest BCUT2D eigenvalue weighted by molar-refractivity contribution is 5.29. The summed E-state index contributed by atoms with van der Waals surface area (Å²) in [6.45, 7) is 6.58. The van der Waals surface area contributed by atoms with E-state index in [0.717, 1.165) is 18.4 Å². The number of aryl methyl sites for hydroxylation is 1. The van der Waals surface area contributed by atoms with Gasteiger partial charge in [0.25, 0.3) is 0 Å². The van der Waals surface area contributed by atoms with E-state index in [-0.39, 0.29) is 11.2 Å². The predicted molar refractivity (Wildman–Crippen MR) is 73.6 cm³/mol. The van der Waals surface area contributed by atoms with Crippen LogP contribution < -0.4 is 10.1 Å². The Kier molecular flexibility index (Phi) is 5.15. The Labute approximate surface area is 110 Å². The zero-order valence-electron chi connectivity index (χ0n) is 12.0. The minimum Gasteiger partial charge on any atom is -0.497 e. The van der Waals surface area contributed by atoms with Crippen LogP contribution in [0.3, 0.4) is 0 Å². The largest absolute Gasteiger partial charge is 0.497 e. The summed E-state index contributed by atoms with van der Waals surface area (Å²) in [7, 11) is 3.51. The molecular weight excluding hydrogens is 229 g/mol. The molecule has 1 N–H and O–H groups in total. The molecule has 1 rings (SSSR count). The average molecular weight is 253 g/mol. The molecule has 102 valence electrons. The molecule has 0 saturated carbocycles. The van der Waals surface area contributed by atoms with E-state index in [1.54, 1.807) is 7.11 Å². The Hall–Kier alpha value is -1.09. The highest BCUT2D eigenvalue weighted by atomic mass is 19.1. The highest BCUT2D eigenvalue weighted by Gasteiger charge is 2.22. The zero-order chi connectivity index (χ0) is 13.8. The number of benzene rings is 1. The monoisotopic (exact) mass is 253 g/mol. The van der Waals surface area contributed by atoms with E-state index in [1.807, 2.05) is 19.2 Å². The van der Waals surface area contributed by atoms with Gasteiger partial charge in [-0.15, -0.1) is 0 Å². The van der Waals surface area contributed by atoms with E-state index in [1.165, 1.54) is 6.07 Å². The first kappa shape index (κ1) is 15.0. The van der Waals surface area contributed by atoms with Gasteiger partial charge in [0.05, 0.1) is 7.11 Å². The highest BCUT2D eigenvalue weighted by Crippen LogP contribution is 2.24. The molecule has 0 aromatic heterocycles. The van der Waals surface area contributed by atoms with E-state index in [0.29, 0.717) is 11.8 Å². The van der Waals surface area contributed by atoms with Gasteiger partial charge in [0.2, 0.25) is 0 Å². The standard InChI is InChI=1S/C15H24FNO/c1-15(2,3)14(17-4)9-7-11-6-8-12(18-5)10-13(11)16/h6,8,10,14,17H,7,9H2,1-5H3. The summed E-state index contributed by atoms with van der Waals surface area (Å²) >= 11 is 0. The molecule has 2 nitrogen and oxygen atoms in total. The summed E-state index contributed by atoms with van der Waals surface area (Å²) in [5.41, 5.74) is 0.929. The molecule has 0 aliphatic carbocycles. The van der Waals surface area contributed by atoms with Gasteiger partial charge in [0.1, 0.15) is 11.6 Å². The van der Waals surface area contributed by atoms with E-state index in [2.05, 4.69) is 26.1 Å². The van der Waals surface area contributed by atoms with Crippen LogP contribution in [-0.4, -0.2) is 20.2 Å². The lowest BCUT2D eigenvalue weighted by molar-refractivity contribution is 0.267. The number of hydrogen-bond donors (Lipinski definition) is 1. The van der Waals surface area contributed by atoms with Gasteiger partial charge < -0.3 is 10.1 Å². The van der Waals surface area contributed by atoms with Crippen molar-refractivity contribution in [2.45, 2.75) is 39.7 Å². The van der Waals surface area contributed by atoms with Gasteiger partial charge in [-0.25, -0.2) is 4.39 Å². The van der Waals surface area contributed by atoms with Gasteiger partial charge in [-0.05, 0) is 36.9 Å². The molecule has 0 amide bonds. The summed E-state index contributed by atoms with van der Waals surface area (Å²) < 4.78 is 18.8. The van der Waals surface area contributed by atoms with E-state index >= 15 is 0 Å². The number of methoxy groups -OCH3 is 1. The van der Waals surface area contributed by atoms with Crippen LogP contribution in [0.5, 0.6) is 5.75 Å². The maximum atomic E-state index is 13.8. The molecule has 0 fully saturated rings. The van der Waals surface area contributed by atoms with Crippen LogP contribution in [-0.2, 0) is 6.42 Å². The van der Waals surface area contributed by atoms with Crippen LogP contribution in [0.4, 0.5) is 4.39 Å².